The summed E-state index contributed by atoms with van der Waals surface area (Å²) in [4.78, 5) is 10.0. The van der Waals surface area contributed by atoms with E-state index in [2.05, 4.69) is 36.0 Å². The van der Waals surface area contributed by atoms with Crippen molar-refractivity contribution >= 4 is 29.9 Å². The third kappa shape index (κ3) is 6.02. The van der Waals surface area contributed by atoms with E-state index in [0.717, 1.165) is 51.6 Å². The van der Waals surface area contributed by atoms with Crippen molar-refractivity contribution in [1.82, 2.24) is 15.1 Å². The van der Waals surface area contributed by atoms with E-state index < -0.39 is 0 Å². The van der Waals surface area contributed by atoms with E-state index >= 15 is 0 Å². The summed E-state index contributed by atoms with van der Waals surface area (Å²) in [6.07, 6.45) is 7.35. The Morgan fingerprint density at radius 1 is 1.21 bits per heavy atom. The molecule has 2 fully saturated rings. The van der Waals surface area contributed by atoms with Crippen LogP contribution in [-0.2, 0) is 4.74 Å². The fourth-order valence-electron chi connectivity index (χ4n) is 3.71. The van der Waals surface area contributed by atoms with Gasteiger partial charge >= 0.3 is 0 Å². The van der Waals surface area contributed by atoms with E-state index in [1.807, 2.05) is 0 Å². The average molecular weight is 452 g/mol. The first-order valence-electron chi connectivity index (χ1n) is 9.54. The van der Waals surface area contributed by atoms with Crippen LogP contribution in [0.3, 0.4) is 0 Å². The van der Waals surface area contributed by atoms with Crippen LogP contribution in [0.1, 0.15) is 52.4 Å². The zero-order chi connectivity index (χ0) is 16.5. The quantitative estimate of drug-likeness (QED) is 0.367. The number of nitrogens with one attached hydrogen (secondary N) is 1. The monoisotopic (exact) mass is 452 g/mol. The second kappa shape index (κ2) is 11.5. The van der Waals surface area contributed by atoms with Crippen LogP contribution in [-0.4, -0.2) is 74.3 Å². The van der Waals surface area contributed by atoms with Crippen molar-refractivity contribution in [2.75, 3.05) is 53.0 Å². The molecule has 0 spiro atoms. The van der Waals surface area contributed by atoms with Crippen LogP contribution in [0.25, 0.3) is 0 Å². The summed E-state index contributed by atoms with van der Waals surface area (Å²) in [5, 5.41) is 3.46. The summed E-state index contributed by atoms with van der Waals surface area (Å²) in [6.45, 7) is 11.5. The molecule has 0 amide bonds. The van der Waals surface area contributed by atoms with Gasteiger partial charge in [-0.2, -0.15) is 0 Å². The van der Waals surface area contributed by atoms with Gasteiger partial charge in [-0.25, -0.2) is 0 Å². The van der Waals surface area contributed by atoms with Crippen LogP contribution < -0.4 is 5.32 Å². The second-order valence-electron chi connectivity index (χ2n) is 6.98. The van der Waals surface area contributed by atoms with Gasteiger partial charge in [0.2, 0.25) is 0 Å². The first-order valence-corrected chi connectivity index (χ1v) is 9.54. The highest BCUT2D eigenvalue weighted by Crippen LogP contribution is 2.31. The van der Waals surface area contributed by atoms with Gasteiger partial charge in [-0.05, 0) is 52.1 Å². The van der Waals surface area contributed by atoms with E-state index in [4.69, 9.17) is 9.73 Å². The molecule has 2 aliphatic heterocycles. The van der Waals surface area contributed by atoms with E-state index in [1.54, 1.807) is 0 Å². The number of nitrogens with zero attached hydrogens (tertiary/aromatic N) is 3. The third-order valence-electron chi connectivity index (χ3n) is 5.27. The Hall–Kier alpha value is -0.0800. The number of halogens is 1. The van der Waals surface area contributed by atoms with Gasteiger partial charge in [0.1, 0.15) is 0 Å². The lowest BCUT2D eigenvalue weighted by Gasteiger charge is -2.43. The molecule has 0 unspecified atom stereocenters. The molecule has 2 heterocycles. The summed E-state index contributed by atoms with van der Waals surface area (Å²) < 4.78 is 5.64. The molecule has 0 aromatic carbocycles. The summed E-state index contributed by atoms with van der Waals surface area (Å²) in [6, 6.07) is 0. The van der Waals surface area contributed by atoms with Crippen molar-refractivity contribution in [2.24, 2.45) is 4.99 Å². The minimum absolute atomic E-state index is 0. The highest BCUT2D eigenvalue weighted by atomic mass is 127. The Kier molecular flexibility index (Phi) is 10.5. The van der Waals surface area contributed by atoms with Gasteiger partial charge in [-0.15, -0.1) is 24.0 Å². The normalized spacial score (nSPS) is 21.4. The minimum atomic E-state index is 0. The lowest BCUT2D eigenvalue weighted by Crippen LogP contribution is -2.54. The maximum absolute atomic E-state index is 5.64. The number of hydrogen-bond acceptors (Lipinski definition) is 3. The van der Waals surface area contributed by atoms with Crippen LogP contribution in [0.2, 0.25) is 0 Å². The first-order chi connectivity index (χ1) is 11.2. The fourth-order valence-corrected chi connectivity index (χ4v) is 3.71. The van der Waals surface area contributed by atoms with Crippen LogP contribution in [0.5, 0.6) is 0 Å². The van der Waals surface area contributed by atoms with Crippen molar-refractivity contribution in [1.29, 1.82) is 0 Å². The number of unbranched alkanes of at least 4 members (excludes halogenated alkanes) is 1. The molecule has 142 valence electrons. The predicted octanol–water partition coefficient (Wildman–Crippen LogP) is 2.95. The lowest BCUT2D eigenvalue weighted by atomic mass is 9.88. The van der Waals surface area contributed by atoms with Crippen molar-refractivity contribution < 1.29 is 4.74 Å². The van der Waals surface area contributed by atoms with Gasteiger partial charge < -0.3 is 15.0 Å². The smallest absolute Gasteiger partial charge is 0.193 e. The number of rotatable bonds is 7. The largest absolute Gasteiger partial charge is 0.381 e. The fraction of sp³-hybridized carbons (Fsp3) is 0.944. The van der Waals surface area contributed by atoms with Gasteiger partial charge in [-0.3, -0.25) is 9.89 Å². The molecule has 0 aromatic rings. The topological polar surface area (TPSA) is 40.1 Å². The van der Waals surface area contributed by atoms with Crippen LogP contribution >= 0.6 is 24.0 Å². The number of hydrogen-bond donors (Lipinski definition) is 1. The van der Waals surface area contributed by atoms with Gasteiger partial charge in [0.05, 0.1) is 6.54 Å². The molecule has 2 rings (SSSR count). The molecule has 0 bridgehead atoms. The lowest BCUT2D eigenvalue weighted by molar-refractivity contribution is -0.0139. The van der Waals surface area contributed by atoms with Gasteiger partial charge in [0, 0.05) is 38.9 Å². The Labute approximate surface area is 165 Å². The third-order valence-corrected chi connectivity index (χ3v) is 5.27. The highest BCUT2D eigenvalue weighted by Gasteiger charge is 2.39. The van der Waals surface area contributed by atoms with Crippen molar-refractivity contribution in [3.05, 3.63) is 0 Å². The summed E-state index contributed by atoms with van der Waals surface area (Å²) in [5.74, 6) is 1.06. The number of likely N-dealkylation sites (tertiary alicyclic amines) is 1. The number of guanidine groups is 1. The molecule has 2 saturated heterocycles. The average Bonchev–Trinajstić information content (AvgIpc) is 3.12. The molecule has 24 heavy (non-hydrogen) atoms. The minimum Gasteiger partial charge on any atom is -0.381 e. The molecular weight excluding hydrogens is 415 g/mol. The van der Waals surface area contributed by atoms with E-state index in [-0.39, 0.29) is 29.5 Å². The Bertz CT molecular complexity index is 366. The molecule has 0 saturated carbocycles. The standard InChI is InChI=1S/C18H36N4O.HI/c1-4-6-11-21(3)17(19-5-2)20-16-18(9-14-23-15-10-18)22-12-7-8-13-22;/h4-16H2,1-3H3,(H,19,20);1H. The molecule has 6 heteroatoms. The molecular formula is C18H37IN4O. The Morgan fingerprint density at radius 2 is 1.88 bits per heavy atom. The van der Waals surface area contributed by atoms with E-state index in [0.29, 0.717) is 0 Å². The molecule has 0 radical (unpaired) electrons. The molecule has 1 N–H and O–H groups in total. The molecule has 2 aliphatic rings. The Morgan fingerprint density at radius 3 is 2.46 bits per heavy atom. The van der Waals surface area contributed by atoms with Crippen LogP contribution in [0.4, 0.5) is 0 Å². The number of aliphatic imine (C=N–C) groups is 1. The summed E-state index contributed by atoms with van der Waals surface area (Å²) in [7, 11) is 2.16. The molecule has 5 nitrogen and oxygen atoms in total. The van der Waals surface area contributed by atoms with E-state index in [1.165, 1.54) is 38.8 Å². The maximum atomic E-state index is 5.64. The van der Waals surface area contributed by atoms with E-state index in [9.17, 15) is 0 Å². The molecule has 0 atom stereocenters. The zero-order valence-electron chi connectivity index (χ0n) is 15.9. The van der Waals surface area contributed by atoms with Crippen LogP contribution in [0, 0.1) is 0 Å². The Balaban J connectivity index is 0.00000288. The predicted molar refractivity (Wildman–Crippen MR) is 113 cm³/mol. The highest BCUT2D eigenvalue weighted by molar-refractivity contribution is 14.0. The molecule has 0 aliphatic carbocycles. The number of ether oxygens (including phenoxy) is 1. The summed E-state index contributed by atoms with van der Waals surface area (Å²) in [5.41, 5.74) is 0.223. The van der Waals surface area contributed by atoms with Crippen LogP contribution in [0.15, 0.2) is 4.99 Å². The van der Waals surface area contributed by atoms with Gasteiger partial charge in [0.15, 0.2) is 5.96 Å². The zero-order valence-corrected chi connectivity index (χ0v) is 18.2. The molecule has 0 aromatic heterocycles. The van der Waals surface area contributed by atoms with Crippen molar-refractivity contribution in [3.8, 4) is 0 Å². The first kappa shape index (κ1) is 22.0. The summed E-state index contributed by atoms with van der Waals surface area (Å²) >= 11 is 0. The van der Waals surface area contributed by atoms with Crippen molar-refractivity contribution in [3.63, 3.8) is 0 Å². The maximum Gasteiger partial charge on any atom is 0.193 e. The van der Waals surface area contributed by atoms with Gasteiger partial charge in [-0.1, -0.05) is 13.3 Å². The van der Waals surface area contributed by atoms with Gasteiger partial charge in [0.25, 0.3) is 0 Å². The van der Waals surface area contributed by atoms with Crippen molar-refractivity contribution in [2.45, 2.75) is 57.9 Å². The second-order valence-corrected chi connectivity index (χ2v) is 6.98. The SMILES string of the molecule is CCCCN(C)C(=NCC1(N2CCCC2)CCOCC1)NCC.I.